The standard InChI is InChI=1S/C25H24N6O7S/c1-31(2)15-9-5-12(6-10-15)19(18-21(34)28-24(38)29-22(18)35)27-25-30-20(33)16(39-25)11-17(32)26-14-7-3-13(4-8-14)23(36)37/h3-10,16,19H,11H2,1-2H3,(H,26,32)(H,36,37)(H,27,30,33)(H3,28,29,34,35,38). The van der Waals surface area contributed by atoms with E-state index in [4.69, 9.17) is 5.11 Å². The van der Waals surface area contributed by atoms with Crippen LogP contribution in [0.25, 0.3) is 0 Å². The summed E-state index contributed by atoms with van der Waals surface area (Å²) in [7, 11) is 3.72. The van der Waals surface area contributed by atoms with Gasteiger partial charge >= 0.3 is 11.7 Å². The molecule has 1 aromatic heterocycles. The fourth-order valence-corrected chi connectivity index (χ4v) is 4.79. The van der Waals surface area contributed by atoms with Gasteiger partial charge < -0.3 is 25.7 Å². The van der Waals surface area contributed by atoms with Gasteiger partial charge in [-0.1, -0.05) is 23.9 Å². The third-order valence-electron chi connectivity index (χ3n) is 5.77. The topological polar surface area (TPSA) is 197 Å². The van der Waals surface area contributed by atoms with Crippen LogP contribution in [0.2, 0.25) is 0 Å². The Morgan fingerprint density at radius 1 is 1.05 bits per heavy atom. The number of nitrogens with one attached hydrogen (secondary N) is 4. The number of H-pyrrole nitrogens is 2. The largest absolute Gasteiger partial charge is 0.494 e. The van der Waals surface area contributed by atoms with Gasteiger partial charge in [0.25, 0.3) is 5.56 Å². The number of amidine groups is 1. The summed E-state index contributed by atoms with van der Waals surface area (Å²) in [4.78, 5) is 71.0. The van der Waals surface area contributed by atoms with Gasteiger partial charge in [-0.3, -0.25) is 24.4 Å². The van der Waals surface area contributed by atoms with Crippen LogP contribution < -0.4 is 26.8 Å². The summed E-state index contributed by atoms with van der Waals surface area (Å²) in [5, 5.41) is 23.9. The molecule has 0 spiro atoms. The molecule has 14 heteroatoms. The molecule has 2 aromatic carbocycles. The molecular weight excluding hydrogens is 528 g/mol. The zero-order valence-electron chi connectivity index (χ0n) is 20.7. The Hall–Kier alpha value is -4.85. The lowest BCUT2D eigenvalue weighted by Crippen LogP contribution is -2.29. The molecule has 1 saturated heterocycles. The first kappa shape index (κ1) is 27.2. The fourth-order valence-electron chi connectivity index (χ4n) is 3.79. The SMILES string of the molecule is CN(C)c1ccc(C(N=C2NC(=O)C(CC(=O)Nc3ccc(C(=O)O)cc3)S2)c2c(O)[nH]c(=O)[nH]c2=O)cc1. The van der Waals surface area contributed by atoms with Crippen molar-refractivity contribution in [2.75, 3.05) is 24.3 Å². The number of carboxylic acids is 1. The Labute approximate surface area is 225 Å². The monoisotopic (exact) mass is 552 g/mol. The molecule has 39 heavy (non-hydrogen) atoms. The lowest BCUT2D eigenvalue weighted by atomic mass is 10.0. The second-order valence-corrected chi connectivity index (χ2v) is 9.92. The first-order valence-electron chi connectivity index (χ1n) is 11.5. The Kier molecular flexibility index (Phi) is 7.85. The summed E-state index contributed by atoms with van der Waals surface area (Å²) in [6, 6.07) is 11.5. The predicted octanol–water partition coefficient (Wildman–Crippen LogP) is 1.24. The van der Waals surface area contributed by atoms with Crippen LogP contribution in [0.1, 0.15) is 33.9 Å². The van der Waals surface area contributed by atoms with Gasteiger partial charge in [-0.2, -0.15) is 0 Å². The molecule has 0 radical (unpaired) electrons. The second kappa shape index (κ2) is 11.3. The van der Waals surface area contributed by atoms with Gasteiger partial charge in [-0.15, -0.1) is 0 Å². The molecule has 2 atom stereocenters. The van der Waals surface area contributed by atoms with E-state index in [0.29, 0.717) is 11.3 Å². The van der Waals surface area contributed by atoms with Crippen molar-refractivity contribution in [3.8, 4) is 5.88 Å². The number of aromatic carboxylic acids is 1. The van der Waals surface area contributed by atoms with Crippen molar-refractivity contribution in [1.29, 1.82) is 0 Å². The minimum atomic E-state index is -1.09. The van der Waals surface area contributed by atoms with Crippen molar-refractivity contribution in [3.63, 3.8) is 0 Å². The van der Waals surface area contributed by atoms with E-state index < -0.39 is 46.2 Å². The van der Waals surface area contributed by atoms with Crippen molar-refractivity contribution in [2.24, 2.45) is 4.99 Å². The van der Waals surface area contributed by atoms with Crippen LogP contribution in [0.15, 0.2) is 63.1 Å². The van der Waals surface area contributed by atoms with Gasteiger partial charge in [-0.25, -0.2) is 14.6 Å². The number of hydrogen-bond donors (Lipinski definition) is 6. The van der Waals surface area contributed by atoms with Crippen LogP contribution >= 0.6 is 11.8 Å². The average molecular weight is 553 g/mol. The van der Waals surface area contributed by atoms with Gasteiger partial charge in [-0.05, 0) is 42.0 Å². The number of carbonyl (C=O) groups excluding carboxylic acids is 2. The Morgan fingerprint density at radius 3 is 2.31 bits per heavy atom. The third-order valence-corrected chi connectivity index (χ3v) is 6.86. The molecule has 1 fully saturated rings. The quantitative estimate of drug-likeness (QED) is 0.238. The average Bonchev–Trinajstić information content (AvgIpc) is 3.21. The van der Waals surface area contributed by atoms with Crippen LogP contribution in [-0.2, 0) is 9.59 Å². The Morgan fingerprint density at radius 2 is 1.72 bits per heavy atom. The first-order valence-corrected chi connectivity index (χ1v) is 12.4. The highest BCUT2D eigenvalue weighted by molar-refractivity contribution is 8.15. The lowest BCUT2D eigenvalue weighted by molar-refractivity contribution is -0.122. The van der Waals surface area contributed by atoms with Gasteiger partial charge in [0.15, 0.2) is 5.17 Å². The summed E-state index contributed by atoms with van der Waals surface area (Å²) in [5.41, 5.74) is -0.141. The maximum Gasteiger partial charge on any atom is 0.335 e. The van der Waals surface area contributed by atoms with Gasteiger partial charge in [0.05, 0.1) is 5.56 Å². The van der Waals surface area contributed by atoms with E-state index in [1.54, 1.807) is 24.3 Å². The molecule has 2 unspecified atom stereocenters. The maximum absolute atomic E-state index is 12.6. The van der Waals surface area contributed by atoms with E-state index >= 15 is 0 Å². The van der Waals surface area contributed by atoms with Crippen molar-refractivity contribution in [3.05, 3.63) is 86.1 Å². The van der Waals surface area contributed by atoms with Gasteiger partial charge in [0, 0.05) is 31.9 Å². The normalized spacial score (nSPS) is 16.5. The van der Waals surface area contributed by atoms with E-state index in [-0.39, 0.29) is 22.7 Å². The number of aromatic hydroxyl groups is 1. The maximum atomic E-state index is 12.6. The number of aromatic amines is 2. The summed E-state index contributed by atoms with van der Waals surface area (Å²) in [6.07, 6.45) is -0.205. The van der Waals surface area contributed by atoms with Crippen molar-refractivity contribution in [1.82, 2.24) is 15.3 Å². The van der Waals surface area contributed by atoms with Crippen molar-refractivity contribution < 1.29 is 24.6 Å². The summed E-state index contributed by atoms with van der Waals surface area (Å²) in [5.74, 6) is -2.70. The molecule has 1 aliphatic heterocycles. The smallest absolute Gasteiger partial charge is 0.335 e. The number of anilines is 2. The molecular formula is C25H24N6O7S. The number of nitrogens with zero attached hydrogens (tertiary/aromatic N) is 2. The lowest BCUT2D eigenvalue weighted by Gasteiger charge is -2.17. The van der Waals surface area contributed by atoms with Gasteiger partial charge in [0.1, 0.15) is 16.9 Å². The molecule has 1 aliphatic rings. The minimum Gasteiger partial charge on any atom is -0.494 e. The van der Waals surface area contributed by atoms with E-state index in [9.17, 15) is 29.1 Å². The number of benzene rings is 2. The molecule has 202 valence electrons. The van der Waals surface area contributed by atoms with E-state index in [2.05, 4.69) is 25.6 Å². The number of thioether (sulfide) groups is 1. The molecule has 13 nitrogen and oxygen atoms in total. The van der Waals surface area contributed by atoms with E-state index in [0.717, 1.165) is 17.4 Å². The molecule has 0 aliphatic carbocycles. The molecule has 0 saturated carbocycles. The zero-order valence-corrected chi connectivity index (χ0v) is 21.5. The van der Waals surface area contributed by atoms with Crippen LogP contribution in [0.3, 0.4) is 0 Å². The van der Waals surface area contributed by atoms with Crippen molar-refractivity contribution in [2.45, 2.75) is 17.7 Å². The van der Waals surface area contributed by atoms with E-state index in [1.807, 2.05) is 19.0 Å². The summed E-state index contributed by atoms with van der Waals surface area (Å²) in [6.45, 7) is 0. The van der Waals surface area contributed by atoms with Crippen LogP contribution in [0.4, 0.5) is 11.4 Å². The number of carbonyl (C=O) groups is 3. The molecule has 6 N–H and O–H groups in total. The molecule has 2 heterocycles. The van der Waals surface area contributed by atoms with E-state index in [1.165, 1.54) is 24.3 Å². The minimum absolute atomic E-state index is 0.0675. The van der Waals surface area contributed by atoms with Crippen LogP contribution in [0.5, 0.6) is 5.88 Å². The summed E-state index contributed by atoms with van der Waals surface area (Å²) >= 11 is 0.981. The Bertz CT molecular complexity index is 1560. The number of rotatable bonds is 8. The van der Waals surface area contributed by atoms with Crippen LogP contribution in [-0.4, -0.2) is 62.5 Å². The molecule has 3 aromatic rings. The number of hydrogen-bond acceptors (Lipinski definition) is 9. The fraction of sp³-hybridized carbons (Fsp3) is 0.200. The number of aliphatic imine (C=N–C) groups is 1. The second-order valence-electron chi connectivity index (χ2n) is 8.72. The predicted molar refractivity (Wildman–Crippen MR) is 146 cm³/mol. The Balaban J connectivity index is 1.57. The van der Waals surface area contributed by atoms with Crippen LogP contribution in [0, 0.1) is 0 Å². The third kappa shape index (κ3) is 6.35. The zero-order chi connectivity index (χ0) is 28.3. The molecule has 4 rings (SSSR count). The molecule has 0 bridgehead atoms. The number of aromatic nitrogens is 2. The molecule has 2 amide bonds. The highest BCUT2D eigenvalue weighted by Gasteiger charge is 2.34. The highest BCUT2D eigenvalue weighted by atomic mass is 32.2. The van der Waals surface area contributed by atoms with Gasteiger partial charge in [0.2, 0.25) is 17.7 Å². The number of amides is 2. The first-order chi connectivity index (χ1) is 18.5. The van der Waals surface area contributed by atoms with Crippen molar-refractivity contribution >= 4 is 46.1 Å². The summed E-state index contributed by atoms with van der Waals surface area (Å²) < 4.78 is 0. The highest BCUT2D eigenvalue weighted by Crippen LogP contribution is 2.32. The number of carboxylic acid groups (broad SMARTS) is 1.